The first-order valence-corrected chi connectivity index (χ1v) is 4.39. The fraction of sp³-hybridized carbons (Fsp3) is 0.273. The third kappa shape index (κ3) is 1.30. The topological polar surface area (TPSA) is 33.4 Å². The number of hydrogen-bond donors (Lipinski definition) is 1. The van der Waals surface area contributed by atoms with Crippen LogP contribution in [0.2, 0.25) is 0 Å². The van der Waals surface area contributed by atoms with E-state index in [0.29, 0.717) is 11.0 Å². The average molecular weight is 194 g/mol. The molecular weight excluding hydrogens is 183 g/mol. The Hall–Kier alpha value is -1.35. The zero-order chi connectivity index (χ0) is 10.3. The van der Waals surface area contributed by atoms with Crippen LogP contribution in [0.3, 0.4) is 0 Å². The first-order chi connectivity index (χ1) is 6.50. The molecular formula is C11H11FO2. The van der Waals surface area contributed by atoms with E-state index in [0.717, 1.165) is 0 Å². The molecule has 0 atom stereocenters. The summed E-state index contributed by atoms with van der Waals surface area (Å²) in [7, 11) is 0. The lowest BCUT2D eigenvalue weighted by Gasteiger charge is -2.18. The predicted octanol–water partition coefficient (Wildman–Crippen LogP) is 2.80. The Kier molecular flexibility index (Phi) is 1.86. The fourth-order valence-corrected chi connectivity index (χ4v) is 1.48. The van der Waals surface area contributed by atoms with Gasteiger partial charge >= 0.3 is 0 Å². The summed E-state index contributed by atoms with van der Waals surface area (Å²) >= 11 is 0. The number of benzene rings is 1. The molecule has 1 N–H and O–H groups in total. The summed E-state index contributed by atoms with van der Waals surface area (Å²) in [6.45, 7) is 3.11. The van der Waals surface area contributed by atoms with Crippen molar-refractivity contribution in [2.24, 2.45) is 0 Å². The lowest BCUT2D eigenvalue weighted by atomic mass is 9.96. The van der Waals surface area contributed by atoms with Gasteiger partial charge in [0.1, 0.15) is 11.4 Å². The van der Waals surface area contributed by atoms with Crippen molar-refractivity contribution in [2.75, 3.05) is 0 Å². The highest BCUT2D eigenvalue weighted by Crippen LogP contribution is 2.28. The summed E-state index contributed by atoms with van der Waals surface area (Å²) < 4.78 is 18.8. The normalized spacial score (nSPS) is 12.3. The molecule has 0 aliphatic rings. The van der Waals surface area contributed by atoms with E-state index in [1.54, 1.807) is 32.0 Å². The number of rotatable bonds is 1. The van der Waals surface area contributed by atoms with Crippen LogP contribution in [0.15, 0.2) is 28.9 Å². The Morgan fingerprint density at radius 3 is 2.64 bits per heavy atom. The van der Waals surface area contributed by atoms with Crippen molar-refractivity contribution in [3.05, 3.63) is 35.8 Å². The second-order valence-corrected chi connectivity index (χ2v) is 3.82. The third-order valence-corrected chi connectivity index (χ3v) is 2.23. The van der Waals surface area contributed by atoms with Crippen LogP contribution in [-0.4, -0.2) is 5.11 Å². The molecule has 0 unspecified atom stereocenters. The number of halogens is 1. The maximum atomic E-state index is 13.8. The number of fused-ring (bicyclic) bond motifs is 1. The summed E-state index contributed by atoms with van der Waals surface area (Å²) in [5.74, 6) is -0.413. The van der Waals surface area contributed by atoms with Gasteiger partial charge in [-0.1, -0.05) is 0 Å². The molecule has 74 valence electrons. The van der Waals surface area contributed by atoms with Gasteiger partial charge in [-0.05, 0) is 32.0 Å². The SMILES string of the molecule is CC(C)(O)c1ccc2occc2c1F. The Labute approximate surface area is 81.0 Å². The standard InChI is InChI=1S/C11H11FO2/c1-11(2,13)8-3-4-9-7(10(8)12)5-6-14-9/h3-6,13H,1-2H3. The molecule has 3 heteroatoms. The van der Waals surface area contributed by atoms with Crippen LogP contribution in [0.4, 0.5) is 4.39 Å². The molecule has 0 spiro atoms. The van der Waals surface area contributed by atoms with Crippen LogP contribution in [0, 0.1) is 5.82 Å². The Balaban J connectivity index is 2.74. The molecule has 1 aromatic heterocycles. The van der Waals surface area contributed by atoms with Gasteiger partial charge in [0.15, 0.2) is 0 Å². The van der Waals surface area contributed by atoms with E-state index in [9.17, 15) is 9.50 Å². The fourth-order valence-electron chi connectivity index (χ4n) is 1.48. The molecule has 2 nitrogen and oxygen atoms in total. The van der Waals surface area contributed by atoms with Crippen molar-refractivity contribution in [2.45, 2.75) is 19.4 Å². The highest BCUT2D eigenvalue weighted by atomic mass is 19.1. The van der Waals surface area contributed by atoms with Gasteiger partial charge in [-0.3, -0.25) is 0 Å². The van der Waals surface area contributed by atoms with Crippen molar-refractivity contribution >= 4 is 11.0 Å². The van der Waals surface area contributed by atoms with E-state index in [4.69, 9.17) is 4.42 Å². The highest BCUT2D eigenvalue weighted by molar-refractivity contribution is 5.78. The largest absolute Gasteiger partial charge is 0.464 e. The predicted molar refractivity (Wildman–Crippen MR) is 51.4 cm³/mol. The van der Waals surface area contributed by atoms with Crippen molar-refractivity contribution in [1.82, 2.24) is 0 Å². The van der Waals surface area contributed by atoms with Crippen LogP contribution >= 0.6 is 0 Å². The molecule has 0 aliphatic carbocycles. The van der Waals surface area contributed by atoms with Gasteiger partial charge in [0.2, 0.25) is 0 Å². The molecule has 0 aliphatic heterocycles. The van der Waals surface area contributed by atoms with Gasteiger partial charge < -0.3 is 9.52 Å². The molecule has 0 amide bonds. The molecule has 0 radical (unpaired) electrons. The second-order valence-electron chi connectivity index (χ2n) is 3.82. The summed E-state index contributed by atoms with van der Waals surface area (Å²) in [6, 6.07) is 4.76. The van der Waals surface area contributed by atoms with Gasteiger partial charge in [0, 0.05) is 5.56 Å². The molecule has 0 bridgehead atoms. The van der Waals surface area contributed by atoms with Gasteiger partial charge in [-0.15, -0.1) is 0 Å². The summed E-state index contributed by atoms with van der Waals surface area (Å²) in [4.78, 5) is 0. The maximum Gasteiger partial charge on any atom is 0.140 e. The van der Waals surface area contributed by atoms with Gasteiger partial charge in [-0.2, -0.15) is 0 Å². The minimum atomic E-state index is -1.17. The lowest BCUT2D eigenvalue weighted by molar-refractivity contribution is 0.0748. The van der Waals surface area contributed by atoms with Crippen molar-refractivity contribution in [3.8, 4) is 0 Å². The zero-order valence-electron chi connectivity index (χ0n) is 8.04. The molecule has 0 saturated carbocycles. The van der Waals surface area contributed by atoms with Gasteiger partial charge in [0.25, 0.3) is 0 Å². The van der Waals surface area contributed by atoms with E-state index in [1.165, 1.54) is 6.26 Å². The highest BCUT2D eigenvalue weighted by Gasteiger charge is 2.22. The maximum absolute atomic E-state index is 13.8. The molecule has 1 aromatic carbocycles. The minimum absolute atomic E-state index is 0.284. The van der Waals surface area contributed by atoms with Crippen molar-refractivity contribution in [3.63, 3.8) is 0 Å². The number of hydrogen-bond acceptors (Lipinski definition) is 2. The monoisotopic (exact) mass is 194 g/mol. The molecule has 14 heavy (non-hydrogen) atoms. The molecule has 0 saturated heterocycles. The number of furan rings is 1. The summed E-state index contributed by atoms with van der Waals surface area (Å²) in [5, 5.41) is 10.1. The first-order valence-electron chi connectivity index (χ1n) is 4.39. The molecule has 2 aromatic rings. The van der Waals surface area contributed by atoms with Crippen LogP contribution in [0.1, 0.15) is 19.4 Å². The summed E-state index contributed by atoms with van der Waals surface area (Å²) in [5.41, 5.74) is -0.392. The van der Waals surface area contributed by atoms with E-state index in [2.05, 4.69) is 0 Å². The van der Waals surface area contributed by atoms with E-state index in [1.807, 2.05) is 0 Å². The van der Waals surface area contributed by atoms with Crippen LogP contribution in [-0.2, 0) is 5.60 Å². The van der Waals surface area contributed by atoms with Gasteiger partial charge in [0.05, 0.1) is 17.3 Å². The van der Waals surface area contributed by atoms with E-state index in [-0.39, 0.29) is 5.56 Å². The quantitative estimate of drug-likeness (QED) is 0.757. The van der Waals surface area contributed by atoms with E-state index >= 15 is 0 Å². The molecule has 1 heterocycles. The van der Waals surface area contributed by atoms with Crippen molar-refractivity contribution < 1.29 is 13.9 Å². The second kappa shape index (κ2) is 2.82. The smallest absolute Gasteiger partial charge is 0.140 e. The lowest BCUT2D eigenvalue weighted by Crippen LogP contribution is -2.17. The minimum Gasteiger partial charge on any atom is -0.464 e. The van der Waals surface area contributed by atoms with Crippen LogP contribution in [0.5, 0.6) is 0 Å². The zero-order valence-corrected chi connectivity index (χ0v) is 8.04. The Morgan fingerprint density at radius 1 is 1.29 bits per heavy atom. The van der Waals surface area contributed by atoms with Crippen molar-refractivity contribution in [1.29, 1.82) is 0 Å². The first kappa shape index (κ1) is 9.21. The number of aliphatic hydroxyl groups is 1. The molecule has 2 rings (SSSR count). The summed E-state index contributed by atoms with van der Waals surface area (Å²) in [6.07, 6.45) is 1.43. The van der Waals surface area contributed by atoms with Gasteiger partial charge in [-0.25, -0.2) is 4.39 Å². The molecule has 0 fully saturated rings. The van der Waals surface area contributed by atoms with Crippen LogP contribution in [0.25, 0.3) is 11.0 Å². The average Bonchev–Trinajstić information content (AvgIpc) is 2.50. The Morgan fingerprint density at radius 2 is 2.00 bits per heavy atom. The van der Waals surface area contributed by atoms with E-state index < -0.39 is 11.4 Å². The third-order valence-electron chi connectivity index (χ3n) is 2.23. The Bertz CT molecular complexity index is 466. The van der Waals surface area contributed by atoms with Crippen LogP contribution < -0.4 is 0 Å².